The molecule has 0 aromatic heterocycles. The smallest absolute Gasteiger partial charge is 0.255 e. The van der Waals surface area contributed by atoms with Crippen molar-refractivity contribution in [3.05, 3.63) is 101 Å². The maximum atomic E-state index is 12.2. The fourth-order valence-electron chi connectivity index (χ4n) is 3.03. The van der Waals surface area contributed by atoms with E-state index in [9.17, 15) is 4.79 Å². The highest BCUT2D eigenvalue weighted by Gasteiger charge is 2.23. The third-order valence-corrected chi connectivity index (χ3v) is 4.31. The SMILES string of the molecule is O=C1NC(c2ccc(Cc3ccccc3)cc2)Nc2ccccc21. The molecule has 24 heavy (non-hydrogen) atoms. The maximum Gasteiger partial charge on any atom is 0.255 e. The Morgan fingerprint density at radius 1 is 0.708 bits per heavy atom. The molecule has 1 aliphatic heterocycles. The van der Waals surface area contributed by atoms with E-state index in [0.717, 1.165) is 17.7 Å². The number of fused-ring (bicyclic) bond motifs is 1. The van der Waals surface area contributed by atoms with Crippen LogP contribution in [-0.4, -0.2) is 5.91 Å². The van der Waals surface area contributed by atoms with Crippen molar-refractivity contribution in [1.82, 2.24) is 5.32 Å². The molecule has 1 amide bonds. The van der Waals surface area contributed by atoms with E-state index >= 15 is 0 Å². The maximum absolute atomic E-state index is 12.2. The summed E-state index contributed by atoms with van der Waals surface area (Å²) in [5.41, 5.74) is 5.17. The Bertz CT molecular complexity index is 857. The summed E-state index contributed by atoms with van der Waals surface area (Å²) in [6.07, 6.45) is 0.715. The van der Waals surface area contributed by atoms with Crippen LogP contribution in [0.5, 0.6) is 0 Å². The van der Waals surface area contributed by atoms with Gasteiger partial charge in [0, 0.05) is 5.69 Å². The molecule has 3 nitrogen and oxygen atoms in total. The molecule has 4 rings (SSSR count). The summed E-state index contributed by atoms with van der Waals surface area (Å²) in [6, 6.07) is 26.4. The molecular weight excluding hydrogens is 296 g/mol. The largest absolute Gasteiger partial charge is 0.361 e. The van der Waals surface area contributed by atoms with Crippen LogP contribution in [-0.2, 0) is 6.42 Å². The molecule has 0 saturated heterocycles. The zero-order valence-corrected chi connectivity index (χ0v) is 13.2. The van der Waals surface area contributed by atoms with Crippen LogP contribution in [0.4, 0.5) is 5.69 Å². The molecule has 3 aromatic carbocycles. The average Bonchev–Trinajstić information content (AvgIpc) is 2.63. The third-order valence-electron chi connectivity index (χ3n) is 4.31. The summed E-state index contributed by atoms with van der Waals surface area (Å²) < 4.78 is 0. The number of carbonyl (C=O) groups is 1. The zero-order chi connectivity index (χ0) is 16.4. The fourth-order valence-corrected chi connectivity index (χ4v) is 3.03. The van der Waals surface area contributed by atoms with Gasteiger partial charge in [0.1, 0.15) is 6.17 Å². The lowest BCUT2D eigenvalue weighted by atomic mass is 10.0. The van der Waals surface area contributed by atoms with Crippen molar-refractivity contribution < 1.29 is 4.79 Å². The first-order valence-corrected chi connectivity index (χ1v) is 8.09. The van der Waals surface area contributed by atoms with E-state index in [4.69, 9.17) is 0 Å². The second kappa shape index (κ2) is 6.20. The number of para-hydroxylation sites is 1. The van der Waals surface area contributed by atoms with Gasteiger partial charge in [0.2, 0.25) is 0 Å². The molecule has 2 N–H and O–H groups in total. The Morgan fingerprint density at radius 2 is 1.38 bits per heavy atom. The van der Waals surface area contributed by atoms with Crippen LogP contribution in [0, 0.1) is 0 Å². The Morgan fingerprint density at radius 3 is 2.17 bits per heavy atom. The van der Waals surface area contributed by atoms with Gasteiger partial charge in [-0.05, 0) is 35.2 Å². The van der Waals surface area contributed by atoms with Crippen molar-refractivity contribution in [2.24, 2.45) is 0 Å². The molecule has 0 spiro atoms. The first-order valence-electron chi connectivity index (χ1n) is 8.09. The number of hydrogen-bond donors (Lipinski definition) is 2. The van der Waals surface area contributed by atoms with Crippen LogP contribution in [0.15, 0.2) is 78.9 Å². The van der Waals surface area contributed by atoms with Crippen LogP contribution in [0.25, 0.3) is 0 Å². The lowest BCUT2D eigenvalue weighted by Crippen LogP contribution is -2.38. The van der Waals surface area contributed by atoms with E-state index in [2.05, 4.69) is 59.2 Å². The van der Waals surface area contributed by atoms with Gasteiger partial charge in [-0.3, -0.25) is 4.79 Å². The van der Waals surface area contributed by atoms with Crippen LogP contribution < -0.4 is 10.6 Å². The second-order valence-electron chi connectivity index (χ2n) is 6.00. The van der Waals surface area contributed by atoms with Gasteiger partial charge in [-0.25, -0.2) is 0 Å². The topological polar surface area (TPSA) is 41.1 Å². The van der Waals surface area contributed by atoms with Crippen molar-refractivity contribution in [2.75, 3.05) is 5.32 Å². The molecule has 0 radical (unpaired) electrons. The predicted octanol–water partition coefficient (Wildman–Crippen LogP) is 4.13. The number of hydrogen-bond acceptors (Lipinski definition) is 2. The summed E-state index contributed by atoms with van der Waals surface area (Å²) in [5, 5.41) is 6.39. The normalized spacial score (nSPS) is 16.0. The molecule has 1 aliphatic rings. The summed E-state index contributed by atoms with van der Waals surface area (Å²) in [5.74, 6) is -0.0392. The van der Waals surface area contributed by atoms with Crippen LogP contribution in [0.3, 0.4) is 0 Å². The van der Waals surface area contributed by atoms with Crippen molar-refractivity contribution in [3.8, 4) is 0 Å². The molecule has 0 bridgehead atoms. The van der Waals surface area contributed by atoms with Crippen molar-refractivity contribution in [3.63, 3.8) is 0 Å². The summed E-state index contributed by atoms with van der Waals surface area (Å²) in [6.45, 7) is 0. The van der Waals surface area contributed by atoms with Crippen LogP contribution in [0.1, 0.15) is 33.2 Å². The summed E-state index contributed by atoms with van der Waals surface area (Å²) in [7, 11) is 0. The highest BCUT2D eigenvalue weighted by atomic mass is 16.2. The first kappa shape index (κ1) is 14.5. The number of benzene rings is 3. The molecule has 0 fully saturated rings. The minimum atomic E-state index is -0.196. The molecule has 3 heteroatoms. The van der Waals surface area contributed by atoms with Crippen LogP contribution >= 0.6 is 0 Å². The van der Waals surface area contributed by atoms with Gasteiger partial charge < -0.3 is 10.6 Å². The Kier molecular flexibility index (Phi) is 3.75. The highest BCUT2D eigenvalue weighted by molar-refractivity contribution is 6.01. The van der Waals surface area contributed by atoms with Gasteiger partial charge in [0.05, 0.1) is 5.56 Å². The summed E-state index contributed by atoms with van der Waals surface area (Å²) >= 11 is 0. The molecule has 0 saturated carbocycles. The van der Waals surface area contributed by atoms with Gasteiger partial charge in [-0.1, -0.05) is 66.7 Å². The lowest BCUT2D eigenvalue weighted by Gasteiger charge is -2.28. The third kappa shape index (κ3) is 2.88. The van der Waals surface area contributed by atoms with Gasteiger partial charge in [0.25, 0.3) is 5.91 Å². The molecule has 3 aromatic rings. The molecule has 0 aliphatic carbocycles. The van der Waals surface area contributed by atoms with Crippen molar-refractivity contribution in [1.29, 1.82) is 0 Å². The number of carbonyl (C=O) groups excluding carboxylic acids is 1. The van der Waals surface area contributed by atoms with Crippen molar-refractivity contribution in [2.45, 2.75) is 12.6 Å². The Hall–Kier alpha value is -3.07. The zero-order valence-electron chi connectivity index (χ0n) is 13.2. The summed E-state index contributed by atoms with van der Waals surface area (Å²) in [4.78, 5) is 12.2. The second-order valence-corrected chi connectivity index (χ2v) is 6.00. The van der Waals surface area contributed by atoms with E-state index in [1.807, 2.05) is 30.3 Å². The van der Waals surface area contributed by atoms with Gasteiger partial charge in [0.15, 0.2) is 0 Å². The number of anilines is 1. The molecular formula is C21H18N2O. The van der Waals surface area contributed by atoms with E-state index < -0.39 is 0 Å². The molecule has 1 unspecified atom stereocenters. The molecule has 1 atom stereocenters. The van der Waals surface area contributed by atoms with E-state index in [1.54, 1.807) is 0 Å². The highest BCUT2D eigenvalue weighted by Crippen LogP contribution is 2.26. The van der Waals surface area contributed by atoms with E-state index in [0.29, 0.717) is 5.56 Å². The van der Waals surface area contributed by atoms with Gasteiger partial charge >= 0.3 is 0 Å². The average molecular weight is 314 g/mol. The van der Waals surface area contributed by atoms with Crippen molar-refractivity contribution >= 4 is 11.6 Å². The molecule has 1 heterocycles. The predicted molar refractivity (Wildman–Crippen MR) is 96.0 cm³/mol. The number of nitrogens with one attached hydrogen (secondary N) is 2. The number of amides is 1. The Balaban J connectivity index is 1.53. The standard InChI is InChI=1S/C21H18N2O/c24-21-18-8-4-5-9-19(18)22-20(23-21)17-12-10-16(11-13-17)14-15-6-2-1-3-7-15/h1-13,20,22H,14H2,(H,23,24). The fraction of sp³-hybridized carbons (Fsp3) is 0.0952. The Labute approximate surface area is 141 Å². The van der Waals surface area contributed by atoms with E-state index in [-0.39, 0.29) is 12.1 Å². The van der Waals surface area contributed by atoms with Crippen LogP contribution in [0.2, 0.25) is 0 Å². The number of rotatable bonds is 3. The minimum absolute atomic E-state index is 0.0392. The molecule has 118 valence electrons. The minimum Gasteiger partial charge on any atom is -0.361 e. The van der Waals surface area contributed by atoms with E-state index in [1.165, 1.54) is 11.1 Å². The monoisotopic (exact) mass is 314 g/mol. The van der Waals surface area contributed by atoms with Gasteiger partial charge in [-0.2, -0.15) is 0 Å². The first-order chi connectivity index (χ1) is 11.8. The quantitative estimate of drug-likeness (QED) is 0.763. The van der Waals surface area contributed by atoms with Gasteiger partial charge in [-0.15, -0.1) is 0 Å². The lowest BCUT2D eigenvalue weighted by molar-refractivity contribution is 0.0935.